The summed E-state index contributed by atoms with van der Waals surface area (Å²) in [5, 5.41) is 53.9. The molecular formula is C40H77NO8. The zero-order chi connectivity index (χ0) is 36.0. The van der Waals surface area contributed by atoms with Gasteiger partial charge in [-0.2, -0.15) is 0 Å². The van der Waals surface area contributed by atoms with E-state index in [-0.39, 0.29) is 12.5 Å². The summed E-state index contributed by atoms with van der Waals surface area (Å²) in [6.45, 7) is 3.75. The summed E-state index contributed by atoms with van der Waals surface area (Å²) in [5.41, 5.74) is 0. The summed E-state index contributed by atoms with van der Waals surface area (Å²) in [6, 6.07) is -0.796. The lowest BCUT2D eigenvalue weighted by atomic mass is 9.99. The Morgan fingerprint density at radius 2 is 1.12 bits per heavy atom. The Morgan fingerprint density at radius 3 is 1.59 bits per heavy atom. The molecule has 0 aliphatic carbocycles. The number of unbranched alkanes of at least 4 members (excludes halogenated alkanes) is 23. The molecule has 0 radical (unpaired) electrons. The van der Waals surface area contributed by atoms with Crippen LogP contribution in [0.1, 0.15) is 181 Å². The van der Waals surface area contributed by atoms with E-state index in [9.17, 15) is 30.3 Å². The molecule has 0 saturated carbocycles. The van der Waals surface area contributed by atoms with Crippen molar-refractivity contribution in [3.8, 4) is 0 Å². The molecule has 6 N–H and O–H groups in total. The van der Waals surface area contributed by atoms with Crippen molar-refractivity contribution in [2.45, 2.75) is 224 Å². The monoisotopic (exact) mass is 700 g/mol. The van der Waals surface area contributed by atoms with E-state index in [2.05, 4.69) is 19.2 Å². The average Bonchev–Trinajstić information content (AvgIpc) is 3.10. The van der Waals surface area contributed by atoms with Gasteiger partial charge in [-0.1, -0.05) is 167 Å². The van der Waals surface area contributed by atoms with E-state index in [0.717, 1.165) is 38.5 Å². The molecule has 1 rings (SSSR count). The lowest BCUT2D eigenvalue weighted by Crippen LogP contribution is -2.60. The lowest BCUT2D eigenvalue weighted by Gasteiger charge is -2.40. The minimum atomic E-state index is -1.56. The number of aliphatic hydroxyl groups excluding tert-OH is 5. The van der Waals surface area contributed by atoms with E-state index in [1.54, 1.807) is 6.08 Å². The molecule has 9 nitrogen and oxygen atoms in total. The van der Waals surface area contributed by atoms with Gasteiger partial charge in [-0.25, -0.2) is 0 Å². The number of aliphatic hydroxyl groups is 5. The SMILES string of the molecule is CCCCCCCCCCCCC/C=C/[C@@H](O)[C@H](CO[C@@H]1O[C@H](CO)[C@H](O)C(O)C1O)NC(=O)CCCCCCCCCCCCCCC. The Labute approximate surface area is 299 Å². The van der Waals surface area contributed by atoms with Crippen LogP contribution in [0.15, 0.2) is 12.2 Å². The number of hydrogen-bond acceptors (Lipinski definition) is 8. The normalized spacial score (nSPS) is 22.5. The third kappa shape index (κ3) is 23.2. The van der Waals surface area contributed by atoms with Crippen molar-refractivity contribution in [1.29, 1.82) is 0 Å². The molecule has 7 atom stereocenters. The molecule has 1 heterocycles. The van der Waals surface area contributed by atoms with Gasteiger partial charge in [0, 0.05) is 6.42 Å². The second-order valence-corrected chi connectivity index (χ2v) is 14.4. The van der Waals surface area contributed by atoms with Crippen LogP contribution in [0.5, 0.6) is 0 Å². The van der Waals surface area contributed by atoms with E-state index in [1.165, 1.54) is 122 Å². The maximum absolute atomic E-state index is 12.9. The molecular weight excluding hydrogens is 622 g/mol. The van der Waals surface area contributed by atoms with Crippen molar-refractivity contribution in [3.63, 3.8) is 0 Å². The molecule has 1 saturated heterocycles. The van der Waals surface area contributed by atoms with Crippen LogP contribution < -0.4 is 5.32 Å². The topological polar surface area (TPSA) is 149 Å². The molecule has 9 heteroatoms. The van der Waals surface area contributed by atoms with Crippen molar-refractivity contribution in [3.05, 3.63) is 12.2 Å². The number of ether oxygens (including phenoxy) is 2. The fourth-order valence-corrected chi connectivity index (χ4v) is 6.51. The lowest BCUT2D eigenvalue weighted by molar-refractivity contribution is -0.302. The van der Waals surface area contributed by atoms with Gasteiger partial charge >= 0.3 is 0 Å². The number of rotatable bonds is 33. The summed E-state index contributed by atoms with van der Waals surface area (Å²) in [5.74, 6) is -0.178. The summed E-state index contributed by atoms with van der Waals surface area (Å²) in [7, 11) is 0. The summed E-state index contributed by atoms with van der Waals surface area (Å²) < 4.78 is 11.2. The third-order valence-electron chi connectivity index (χ3n) is 9.86. The molecule has 0 aromatic heterocycles. The van der Waals surface area contributed by atoms with Crippen LogP contribution in [-0.2, 0) is 14.3 Å². The van der Waals surface area contributed by atoms with Crippen LogP contribution in [0, 0.1) is 0 Å². The van der Waals surface area contributed by atoms with Gasteiger partial charge < -0.3 is 40.3 Å². The van der Waals surface area contributed by atoms with Gasteiger partial charge in [-0.3, -0.25) is 4.79 Å². The Bertz CT molecular complexity index is 781. The van der Waals surface area contributed by atoms with Crippen LogP contribution in [-0.4, -0.2) is 87.5 Å². The van der Waals surface area contributed by atoms with Gasteiger partial charge in [0.05, 0.1) is 25.4 Å². The second kappa shape index (κ2) is 31.6. The van der Waals surface area contributed by atoms with E-state index in [0.29, 0.717) is 6.42 Å². The van der Waals surface area contributed by atoms with Gasteiger partial charge in [0.15, 0.2) is 6.29 Å². The molecule has 0 aromatic carbocycles. The summed E-state index contributed by atoms with van der Waals surface area (Å²) in [4.78, 5) is 12.9. The fourth-order valence-electron chi connectivity index (χ4n) is 6.51. The maximum Gasteiger partial charge on any atom is 0.220 e. The number of hydrogen-bond donors (Lipinski definition) is 6. The van der Waals surface area contributed by atoms with Crippen molar-refractivity contribution >= 4 is 5.91 Å². The van der Waals surface area contributed by atoms with Crippen LogP contribution in [0.4, 0.5) is 0 Å². The number of carbonyl (C=O) groups is 1. The van der Waals surface area contributed by atoms with Crippen molar-refractivity contribution in [1.82, 2.24) is 5.32 Å². The second-order valence-electron chi connectivity index (χ2n) is 14.4. The van der Waals surface area contributed by atoms with E-state index in [4.69, 9.17) is 9.47 Å². The predicted molar refractivity (Wildman–Crippen MR) is 198 cm³/mol. The van der Waals surface area contributed by atoms with Crippen LogP contribution >= 0.6 is 0 Å². The smallest absolute Gasteiger partial charge is 0.220 e. The quantitative estimate of drug-likeness (QED) is 0.0307. The standard InChI is InChI=1S/C40H77NO8/c1-3-5-7-9-11-13-15-17-19-21-23-25-27-29-34(43)33(32-48-40-39(47)38(46)37(45)35(31-42)49-40)41-36(44)30-28-26-24-22-20-18-16-14-12-10-8-6-4-2/h27,29,33-35,37-40,42-43,45-47H,3-26,28,30-32H2,1-2H3,(H,41,44)/b29-27+/t33-,34+,35+,37-,38?,39?,40+/m0/s1. The summed E-state index contributed by atoms with van der Waals surface area (Å²) >= 11 is 0. The Hall–Kier alpha value is -1.07. The Kier molecular flexibility index (Phi) is 29.7. The highest BCUT2D eigenvalue weighted by atomic mass is 16.7. The zero-order valence-electron chi connectivity index (χ0n) is 31.5. The van der Waals surface area contributed by atoms with Gasteiger partial charge in [-0.05, 0) is 19.3 Å². The molecule has 49 heavy (non-hydrogen) atoms. The number of nitrogens with one attached hydrogen (secondary N) is 1. The maximum atomic E-state index is 12.9. The molecule has 0 bridgehead atoms. The number of allylic oxidation sites excluding steroid dienone is 1. The fraction of sp³-hybridized carbons (Fsp3) is 0.925. The van der Waals surface area contributed by atoms with Crippen LogP contribution in [0.3, 0.4) is 0 Å². The highest BCUT2D eigenvalue weighted by Gasteiger charge is 2.44. The predicted octanol–water partition coefficient (Wildman–Crippen LogP) is 7.39. The first-order valence-corrected chi connectivity index (χ1v) is 20.4. The van der Waals surface area contributed by atoms with Crippen LogP contribution in [0.25, 0.3) is 0 Å². The van der Waals surface area contributed by atoms with Gasteiger partial charge in [-0.15, -0.1) is 0 Å². The molecule has 0 aromatic rings. The molecule has 1 aliphatic rings. The van der Waals surface area contributed by atoms with E-state index >= 15 is 0 Å². The number of carbonyl (C=O) groups excluding carboxylic acids is 1. The first kappa shape index (κ1) is 46.0. The highest BCUT2D eigenvalue weighted by Crippen LogP contribution is 2.22. The summed E-state index contributed by atoms with van der Waals surface area (Å²) in [6.07, 6.45) is 26.7. The van der Waals surface area contributed by atoms with E-state index < -0.39 is 49.5 Å². The zero-order valence-corrected chi connectivity index (χ0v) is 31.5. The number of amides is 1. The largest absolute Gasteiger partial charge is 0.394 e. The molecule has 1 aliphatic heterocycles. The first-order valence-electron chi connectivity index (χ1n) is 20.4. The third-order valence-corrected chi connectivity index (χ3v) is 9.86. The molecule has 290 valence electrons. The van der Waals surface area contributed by atoms with Crippen molar-refractivity contribution in [2.24, 2.45) is 0 Å². The van der Waals surface area contributed by atoms with Crippen LogP contribution in [0.2, 0.25) is 0 Å². The van der Waals surface area contributed by atoms with Gasteiger partial charge in [0.1, 0.15) is 24.4 Å². The minimum Gasteiger partial charge on any atom is -0.394 e. The molecule has 1 amide bonds. The van der Waals surface area contributed by atoms with Crippen molar-refractivity contribution < 1.29 is 39.8 Å². The van der Waals surface area contributed by atoms with Gasteiger partial charge in [0.2, 0.25) is 5.91 Å². The minimum absolute atomic E-state index is 0.178. The molecule has 2 unspecified atom stereocenters. The Morgan fingerprint density at radius 1 is 0.673 bits per heavy atom. The van der Waals surface area contributed by atoms with Gasteiger partial charge in [0.25, 0.3) is 0 Å². The Balaban J connectivity index is 2.43. The molecule has 1 fully saturated rings. The molecule has 0 spiro atoms. The van der Waals surface area contributed by atoms with Crippen molar-refractivity contribution in [2.75, 3.05) is 13.2 Å². The first-order chi connectivity index (χ1) is 23.8. The van der Waals surface area contributed by atoms with E-state index in [1.807, 2.05) is 6.08 Å². The average molecular weight is 700 g/mol. The highest BCUT2D eigenvalue weighted by molar-refractivity contribution is 5.76.